The van der Waals surface area contributed by atoms with E-state index >= 15 is 0 Å². The van der Waals surface area contributed by atoms with Crippen LogP contribution in [0.3, 0.4) is 0 Å². The van der Waals surface area contributed by atoms with Crippen LogP contribution >= 0.6 is 0 Å². The number of hydrogen-bond acceptors (Lipinski definition) is 4. The Hall–Kier alpha value is -1.32. The van der Waals surface area contributed by atoms with E-state index in [2.05, 4.69) is 29.1 Å². The minimum atomic E-state index is 0.294. The molecule has 1 saturated carbocycles. The van der Waals surface area contributed by atoms with Crippen LogP contribution in [0, 0.1) is 18.8 Å². The van der Waals surface area contributed by atoms with Crippen LogP contribution in [0.15, 0.2) is 6.07 Å². The van der Waals surface area contributed by atoms with Crippen LogP contribution in [-0.2, 0) is 0 Å². The molecule has 1 heterocycles. The average Bonchev–Trinajstić information content (AvgIpc) is 2.26. The minimum Gasteiger partial charge on any atom is -0.474 e. The highest BCUT2D eigenvalue weighted by molar-refractivity contribution is 5.37. The topological polar surface area (TPSA) is 47.0 Å². The van der Waals surface area contributed by atoms with Gasteiger partial charge in [0.15, 0.2) is 0 Å². The summed E-state index contributed by atoms with van der Waals surface area (Å²) in [4.78, 5) is 8.63. The Morgan fingerprint density at radius 3 is 2.44 bits per heavy atom. The SMILES string of the molecule is CNc1cc(OC2CC(C)CC(C)C2)nc(C)n1. The van der Waals surface area contributed by atoms with Crippen LogP contribution in [0.4, 0.5) is 5.82 Å². The molecule has 100 valence electrons. The summed E-state index contributed by atoms with van der Waals surface area (Å²) in [6.45, 7) is 6.49. The van der Waals surface area contributed by atoms with Gasteiger partial charge in [0.2, 0.25) is 5.88 Å². The monoisotopic (exact) mass is 249 g/mol. The minimum absolute atomic E-state index is 0.294. The van der Waals surface area contributed by atoms with E-state index in [-0.39, 0.29) is 0 Å². The third-order valence-electron chi connectivity index (χ3n) is 3.49. The summed E-state index contributed by atoms with van der Waals surface area (Å²) in [7, 11) is 1.86. The van der Waals surface area contributed by atoms with Crippen molar-refractivity contribution < 1.29 is 4.74 Å². The number of rotatable bonds is 3. The first-order valence-corrected chi connectivity index (χ1v) is 6.77. The number of hydrogen-bond donors (Lipinski definition) is 1. The van der Waals surface area contributed by atoms with E-state index in [1.807, 2.05) is 20.0 Å². The van der Waals surface area contributed by atoms with Gasteiger partial charge in [0.1, 0.15) is 17.7 Å². The highest BCUT2D eigenvalue weighted by atomic mass is 16.5. The Morgan fingerprint density at radius 2 is 1.83 bits per heavy atom. The van der Waals surface area contributed by atoms with Gasteiger partial charge in [0.25, 0.3) is 0 Å². The van der Waals surface area contributed by atoms with Crippen LogP contribution in [0.25, 0.3) is 0 Å². The molecular formula is C14H23N3O. The summed E-state index contributed by atoms with van der Waals surface area (Å²) >= 11 is 0. The smallest absolute Gasteiger partial charge is 0.218 e. The molecule has 1 aromatic heterocycles. The van der Waals surface area contributed by atoms with Crippen LogP contribution in [-0.4, -0.2) is 23.1 Å². The number of nitrogens with zero attached hydrogens (tertiary/aromatic N) is 2. The Bertz CT molecular complexity index is 398. The summed E-state index contributed by atoms with van der Waals surface area (Å²) < 4.78 is 6.03. The fourth-order valence-corrected chi connectivity index (χ4v) is 2.87. The molecule has 1 aliphatic rings. The van der Waals surface area contributed by atoms with E-state index in [1.165, 1.54) is 6.42 Å². The Balaban J connectivity index is 2.06. The molecule has 1 aromatic rings. The molecule has 0 spiro atoms. The second-order valence-corrected chi connectivity index (χ2v) is 5.55. The van der Waals surface area contributed by atoms with Crippen molar-refractivity contribution in [2.45, 2.75) is 46.1 Å². The number of aromatic nitrogens is 2. The van der Waals surface area contributed by atoms with Gasteiger partial charge in [-0.2, -0.15) is 4.98 Å². The summed E-state index contributed by atoms with van der Waals surface area (Å²) in [5, 5.41) is 3.03. The summed E-state index contributed by atoms with van der Waals surface area (Å²) in [6, 6.07) is 1.87. The second-order valence-electron chi connectivity index (χ2n) is 5.55. The predicted molar refractivity (Wildman–Crippen MR) is 72.9 cm³/mol. The molecule has 1 N–H and O–H groups in total. The molecule has 1 aliphatic carbocycles. The van der Waals surface area contributed by atoms with Gasteiger partial charge in [0, 0.05) is 13.1 Å². The summed E-state index contributed by atoms with van der Waals surface area (Å²) in [5.74, 6) is 3.73. The van der Waals surface area contributed by atoms with Crippen LogP contribution < -0.4 is 10.1 Å². The van der Waals surface area contributed by atoms with Gasteiger partial charge >= 0.3 is 0 Å². The maximum Gasteiger partial charge on any atom is 0.218 e. The first-order chi connectivity index (χ1) is 8.56. The second kappa shape index (κ2) is 5.55. The maximum absolute atomic E-state index is 6.03. The van der Waals surface area contributed by atoms with Crippen molar-refractivity contribution in [1.29, 1.82) is 0 Å². The van der Waals surface area contributed by atoms with Crippen molar-refractivity contribution in [1.82, 2.24) is 9.97 Å². The zero-order valence-electron chi connectivity index (χ0n) is 11.7. The molecule has 0 bridgehead atoms. The molecule has 18 heavy (non-hydrogen) atoms. The van der Waals surface area contributed by atoms with Gasteiger partial charge in [-0.25, -0.2) is 4.98 Å². The number of aryl methyl sites for hydroxylation is 1. The standard InChI is InChI=1S/C14H23N3O/c1-9-5-10(2)7-12(6-9)18-14-8-13(15-4)16-11(3)17-14/h8-10,12H,5-7H2,1-4H3,(H,15,16,17). The molecule has 0 radical (unpaired) electrons. The lowest BCUT2D eigenvalue weighted by Gasteiger charge is -2.31. The van der Waals surface area contributed by atoms with Crippen molar-refractivity contribution in [2.24, 2.45) is 11.8 Å². The van der Waals surface area contributed by atoms with E-state index in [1.54, 1.807) is 0 Å². The van der Waals surface area contributed by atoms with Crippen LogP contribution in [0.5, 0.6) is 5.88 Å². The molecule has 1 fully saturated rings. The third kappa shape index (κ3) is 3.34. The molecule has 2 atom stereocenters. The van der Waals surface area contributed by atoms with Crippen molar-refractivity contribution in [3.05, 3.63) is 11.9 Å². The van der Waals surface area contributed by atoms with Gasteiger partial charge in [0.05, 0.1) is 0 Å². The highest BCUT2D eigenvalue weighted by Gasteiger charge is 2.25. The molecule has 0 aliphatic heterocycles. The van der Waals surface area contributed by atoms with Crippen molar-refractivity contribution in [3.63, 3.8) is 0 Å². The van der Waals surface area contributed by atoms with E-state index in [0.717, 1.165) is 36.3 Å². The van der Waals surface area contributed by atoms with Gasteiger partial charge < -0.3 is 10.1 Å². The maximum atomic E-state index is 6.03. The van der Waals surface area contributed by atoms with Gasteiger partial charge in [-0.3, -0.25) is 0 Å². The zero-order chi connectivity index (χ0) is 13.1. The Morgan fingerprint density at radius 1 is 1.17 bits per heavy atom. The number of ether oxygens (including phenoxy) is 1. The lowest BCUT2D eigenvalue weighted by Crippen LogP contribution is -2.28. The molecule has 4 heteroatoms. The fraction of sp³-hybridized carbons (Fsp3) is 0.714. The predicted octanol–water partition coefficient (Wildman–Crippen LogP) is 3.03. The van der Waals surface area contributed by atoms with Crippen molar-refractivity contribution in [2.75, 3.05) is 12.4 Å². The Kier molecular flexibility index (Phi) is 4.04. The van der Waals surface area contributed by atoms with Crippen molar-refractivity contribution in [3.8, 4) is 5.88 Å². The third-order valence-corrected chi connectivity index (χ3v) is 3.49. The lowest BCUT2D eigenvalue weighted by molar-refractivity contribution is 0.0965. The fourth-order valence-electron chi connectivity index (χ4n) is 2.87. The molecule has 2 unspecified atom stereocenters. The molecule has 4 nitrogen and oxygen atoms in total. The average molecular weight is 249 g/mol. The summed E-state index contributed by atoms with van der Waals surface area (Å²) in [5.41, 5.74) is 0. The van der Waals surface area contributed by atoms with E-state index in [4.69, 9.17) is 4.74 Å². The zero-order valence-corrected chi connectivity index (χ0v) is 11.7. The molecule has 0 amide bonds. The molecule has 2 rings (SSSR count). The quantitative estimate of drug-likeness (QED) is 0.894. The van der Waals surface area contributed by atoms with E-state index < -0.39 is 0 Å². The number of anilines is 1. The van der Waals surface area contributed by atoms with Crippen molar-refractivity contribution >= 4 is 5.82 Å². The van der Waals surface area contributed by atoms with Gasteiger partial charge in [-0.15, -0.1) is 0 Å². The summed E-state index contributed by atoms with van der Waals surface area (Å²) in [6.07, 6.45) is 3.86. The largest absolute Gasteiger partial charge is 0.474 e. The first kappa shape index (κ1) is 13.1. The van der Waals surface area contributed by atoms with Crippen LogP contribution in [0.1, 0.15) is 38.9 Å². The molecule has 0 aromatic carbocycles. The van der Waals surface area contributed by atoms with Crippen LogP contribution in [0.2, 0.25) is 0 Å². The first-order valence-electron chi connectivity index (χ1n) is 6.77. The van der Waals surface area contributed by atoms with E-state index in [9.17, 15) is 0 Å². The molecular weight excluding hydrogens is 226 g/mol. The van der Waals surface area contributed by atoms with E-state index in [0.29, 0.717) is 12.0 Å². The van der Waals surface area contributed by atoms with Gasteiger partial charge in [-0.05, 0) is 38.0 Å². The lowest BCUT2D eigenvalue weighted by atomic mass is 9.82. The molecule has 0 saturated heterocycles. The van der Waals surface area contributed by atoms with Gasteiger partial charge in [-0.1, -0.05) is 13.8 Å². The normalized spacial score (nSPS) is 27.9. The Labute approximate surface area is 109 Å². The number of nitrogens with one attached hydrogen (secondary N) is 1. The highest BCUT2D eigenvalue weighted by Crippen LogP contribution is 2.31.